The molecule has 0 saturated carbocycles. The van der Waals surface area contributed by atoms with E-state index in [-0.39, 0.29) is 0 Å². The first kappa shape index (κ1) is 10.2. The van der Waals surface area contributed by atoms with Crippen LogP contribution in [0.2, 0.25) is 0 Å². The molecule has 0 aromatic carbocycles. The number of methoxy groups -OCH3 is 1. The lowest BCUT2D eigenvalue weighted by molar-refractivity contribution is 0.232. The van der Waals surface area contributed by atoms with Crippen LogP contribution in [0.5, 0.6) is 5.88 Å². The van der Waals surface area contributed by atoms with E-state index >= 15 is 0 Å². The quantitative estimate of drug-likeness (QED) is 0.809. The van der Waals surface area contributed by atoms with Crippen molar-refractivity contribution in [3.8, 4) is 5.88 Å². The first-order valence-corrected chi connectivity index (χ1v) is 4.77. The Balaban J connectivity index is 2.79. The highest BCUT2D eigenvalue weighted by Crippen LogP contribution is 2.19. The summed E-state index contributed by atoms with van der Waals surface area (Å²) in [5, 5.41) is 9.23. The Morgan fingerprint density at radius 3 is 2.92 bits per heavy atom. The van der Waals surface area contributed by atoms with Crippen LogP contribution in [0, 0.1) is 0 Å². The molecule has 0 spiro atoms. The third-order valence-corrected chi connectivity index (χ3v) is 2.46. The van der Waals surface area contributed by atoms with Gasteiger partial charge in [0.15, 0.2) is 0 Å². The second kappa shape index (κ2) is 4.39. The van der Waals surface area contributed by atoms with Gasteiger partial charge in [0.1, 0.15) is 0 Å². The molecule has 72 valence electrons. The number of aliphatic hydroxyl groups excluding tert-OH is 1. The van der Waals surface area contributed by atoms with E-state index in [9.17, 15) is 5.11 Å². The molecular formula is C9H13NO2S. The maximum absolute atomic E-state index is 9.23. The minimum absolute atomic E-state index is 0.409. The molecule has 13 heavy (non-hydrogen) atoms. The molecule has 1 rings (SSSR count). The minimum Gasteiger partial charge on any atom is -0.480 e. The average molecular weight is 199 g/mol. The molecule has 0 bridgehead atoms. The monoisotopic (exact) mass is 199 g/mol. The summed E-state index contributed by atoms with van der Waals surface area (Å²) in [6.45, 7) is 3.63. The maximum Gasteiger partial charge on any atom is 0.225 e. The zero-order valence-electron chi connectivity index (χ0n) is 7.94. The zero-order valence-corrected chi connectivity index (χ0v) is 8.76. The van der Waals surface area contributed by atoms with Crippen molar-refractivity contribution < 1.29 is 9.84 Å². The number of aromatic nitrogens is 1. The Labute approximate surface area is 81.8 Å². The van der Waals surface area contributed by atoms with E-state index in [2.05, 4.69) is 4.37 Å². The van der Waals surface area contributed by atoms with Gasteiger partial charge in [0.25, 0.3) is 0 Å². The topological polar surface area (TPSA) is 42.4 Å². The third-order valence-electron chi connectivity index (χ3n) is 1.74. The largest absolute Gasteiger partial charge is 0.480 e. The molecule has 0 saturated heterocycles. The van der Waals surface area contributed by atoms with Gasteiger partial charge in [-0.1, -0.05) is 0 Å². The van der Waals surface area contributed by atoms with Gasteiger partial charge in [-0.2, -0.15) is 4.37 Å². The van der Waals surface area contributed by atoms with Gasteiger partial charge >= 0.3 is 0 Å². The minimum atomic E-state index is -0.409. The Morgan fingerprint density at radius 1 is 1.77 bits per heavy atom. The Kier molecular flexibility index (Phi) is 3.45. The van der Waals surface area contributed by atoms with Gasteiger partial charge in [0, 0.05) is 6.07 Å². The van der Waals surface area contributed by atoms with Crippen molar-refractivity contribution >= 4 is 17.6 Å². The molecule has 4 heteroatoms. The van der Waals surface area contributed by atoms with E-state index in [4.69, 9.17) is 4.74 Å². The van der Waals surface area contributed by atoms with Gasteiger partial charge in [0.05, 0.1) is 18.1 Å². The summed E-state index contributed by atoms with van der Waals surface area (Å²) in [6.07, 6.45) is 1.50. The van der Waals surface area contributed by atoms with Crippen molar-refractivity contribution in [1.82, 2.24) is 4.37 Å². The fourth-order valence-corrected chi connectivity index (χ4v) is 1.50. The lowest BCUT2D eigenvalue weighted by atomic mass is 10.2. The first-order valence-electron chi connectivity index (χ1n) is 4.00. The standard InChI is InChI=1S/C9H13NO2S/c1-6(7(2)11)4-8-5-9(12-3)10-13-8/h4-5,7,11H,1-3H3/b6-4-. The molecule has 1 aromatic rings. The molecular weight excluding hydrogens is 186 g/mol. The predicted molar refractivity (Wildman–Crippen MR) is 54.0 cm³/mol. The lowest BCUT2D eigenvalue weighted by Gasteiger charge is -2.01. The fraction of sp³-hybridized carbons (Fsp3) is 0.444. The van der Waals surface area contributed by atoms with Gasteiger partial charge in [-0.25, -0.2) is 0 Å². The summed E-state index contributed by atoms with van der Waals surface area (Å²) >= 11 is 1.36. The van der Waals surface area contributed by atoms with Crippen LogP contribution in [-0.2, 0) is 0 Å². The Bertz CT molecular complexity index is 304. The second-order valence-corrected chi connectivity index (χ2v) is 3.67. The van der Waals surface area contributed by atoms with Crippen LogP contribution >= 0.6 is 11.5 Å². The predicted octanol–water partition coefficient (Wildman–Crippen LogP) is 1.94. The molecule has 3 nitrogen and oxygen atoms in total. The van der Waals surface area contributed by atoms with Crippen molar-refractivity contribution in [1.29, 1.82) is 0 Å². The first-order chi connectivity index (χ1) is 6.13. The average Bonchev–Trinajstić information content (AvgIpc) is 2.52. The summed E-state index contributed by atoms with van der Waals surface area (Å²) in [5.74, 6) is 0.620. The number of ether oxygens (including phenoxy) is 1. The highest BCUT2D eigenvalue weighted by atomic mass is 32.1. The summed E-state index contributed by atoms with van der Waals surface area (Å²) in [5.41, 5.74) is 0.923. The molecule has 1 heterocycles. The van der Waals surface area contributed by atoms with Crippen molar-refractivity contribution in [3.05, 3.63) is 16.5 Å². The van der Waals surface area contributed by atoms with E-state index in [1.54, 1.807) is 14.0 Å². The van der Waals surface area contributed by atoms with E-state index in [1.807, 2.05) is 19.1 Å². The zero-order chi connectivity index (χ0) is 9.84. The maximum atomic E-state index is 9.23. The normalized spacial score (nSPS) is 14.3. The van der Waals surface area contributed by atoms with Crippen LogP contribution in [-0.4, -0.2) is 22.7 Å². The fourth-order valence-electron chi connectivity index (χ4n) is 0.781. The Hall–Kier alpha value is -0.870. The van der Waals surface area contributed by atoms with Crippen LogP contribution < -0.4 is 4.74 Å². The molecule has 0 aliphatic carbocycles. The molecule has 0 amide bonds. The van der Waals surface area contributed by atoms with Crippen LogP contribution in [0.15, 0.2) is 11.6 Å². The van der Waals surface area contributed by atoms with Gasteiger partial charge < -0.3 is 9.84 Å². The smallest absolute Gasteiger partial charge is 0.225 e. The molecule has 1 N–H and O–H groups in total. The Morgan fingerprint density at radius 2 is 2.46 bits per heavy atom. The number of hydrogen-bond acceptors (Lipinski definition) is 4. The highest BCUT2D eigenvalue weighted by molar-refractivity contribution is 7.06. The number of hydrogen-bond donors (Lipinski definition) is 1. The highest BCUT2D eigenvalue weighted by Gasteiger charge is 2.02. The molecule has 1 aromatic heterocycles. The number of aliphatic hydroxyl groups is 1. The molecule has 0 radical (unpaired) electrons. The van der Waals surface area contributed by atoms with Crippen LogP contribution in [0.1, 0.15) is 18.7 Å². The second-order valence-electron chi connectivity index (χ2n) is 2.84. The molecule has 1 atom stereocenters. The van der Waals surface area contributed by atoms with Crippen LogP contribution in [0.3, 0.4) is 0 Å². The summed E-state index contributed by atoms with van der Waals surface area (Å²) < 4.78 is 8.98. The summed E-state index contributed by atoms with van der Waals surface area (Å²) in [4.78, 5) is 0.996. The van der Waals surface area contributed by atoms with Crippen molar-refractivity contribution in [2.24, 2.45) is 0 Å². The SMILES string of the molecule is COc1cc(/C=C(/C)C(C)O)sn1. The van der Waals surface area contributed by atoms with Crippen LogP contribution in [0.4, 0.5) is 0 Å². The third kappa shape index (κ3) is 2.82. The lowest BCUT2D eigenvalue weighted by Crippen LogP contribution is -1.99. The van der Waals surface area contributed by atoms with Gasteiger partial charge in [-0.3, -0.25) is 0 Å². The summed E-state index contributed by atoms with van der Waals surface area (Å²) in [7, 11) is 1.59. The van der Waals surface area contributed by atoms with Crippen LogP contribution in [0.25, 0.3) is 6.08 Å². The molecule has 0 aliphatic rings. The van der Waals surface area contributed by atoms with Gasteiger partial charge in [-0.05, 0) is 37.0 Å². The number of rotatable bonds is 3. The number of nitrogens with zero attached hydrogens (tertiary/aromatic N) is 1. The molecule has 0 fully saturated rings. The van der Waals surface area contributed by atoms with E-state index in [0.717, 1.165) is 10.5 Å². The van der Waals surface area contributed by atoms with E-state index < -0.39 is 6.10 Å². The van der Waals surface area contributed by atoms with E-state index in [1.165, 1.54) is 11.5 Å². The van der Waals surface area contributed by atoms with Crippen molar-refractivity contribution in [3.63, 3.8) is 0 Å². The molecule has 0 aliphatic heterocycles. The molecule has 1 unspecified atom stereocenters. The van der Waals surface area contributed by atoms with E-state index in [0.29, 0.717) is 5.88 Å². The van der Waals surface area contributed by atoms with Gasteiger partial charge in [0.2, 0.25) is 5.88 Å². The summed E-state index contributed by atoms with van der Waals surface area (Å²) in [6, 6.07) is 1.84. The van der Waals surface area contributed by atoms with Crippen molar-refractivity contribution in [2.75, 3.05) is 7.11 Å². The van der Waals surface area contributed by atoms with Crippen molar-refractivity contribution in [2.45, 2.75) is 20.0 Å². The van der Waals surface area contributed by atoms with Gasteiger partial charge in [-0.15, -0.1) is 0 Å².